The molecule has 4 heteroatoms. The van der Waals surface area contributed by atoms with E-state index in [4.69, 9.17) is 10.8 Å². The molecule has 1 rings (SSSR count). The molecule has 0 aliphatic heterocycles. The number of rotatable bonds is 5. The van der Waals surface area contributed by atoms with Crippen LogP contribution in [0.4, 0.5) is 0 Å². The molecule has 4 nitrogen and oxygen atoms in total. The molecule has 20 heavy (non-hydrogen) atoms. The van der Waals surface area contributed by atoms with Crippen LogP contribution < -0.4 is 5.73 Å². The molecule has 0 saturated carbocycles. The van der Waals surface area contributed by atoms with Crippen molar-refractivity contribution in [1.29, 1.82) is 0 Å². The number of aliphatic hydroxyl groups is 1. The van der Waals surface area contributed by atoms with Gasteiger partial charge in [-0.05, 0) is 44.0 Å². The first kappa shape index (κ1) is 16.2. The number of nitrogens with two attached hydrogens (primary N) is 1. The molecular formula is C16H22N2O2. The predicted octanol–water partition coefficient (Wildman–Crippen LogP) is 1.15. The fraction of sp³-hybridized carbons (Fsp3) is 0.438. The van der Waals surface area contributed by atoms with E-state index in [0.29, 0.717) is 31.6 Å². The average Bonchev–Trinajstić information content (AvgIpc) is 2.46. The van der Waals surface area contributed by atoms with Gasteiger partial charge in [-0.15, -0.1) is 0 Å². The number of benzene rings is 1. The molecule has 108 valence electrons. The van der Waals surface area contributed by atoms with Gasteiger partial charge in [0.1, 0.15) is 0 Å². The van der Waals surface area contributed by atoms with Crippen molar-refractivity contribution in [3.05, 3.63) is 34.9 Å². The van der Waals surface area contributed by atoms with Crippen molar-refractivity contribution in [1.82, 2.24) is 4.90 Å². The SMILES string of the molecule is CCN(CCCO)C(=O)c1ccc(C#CCN)c(C)c1. The minimum Gasteiger partial charge on any atom is -0.396 e. The third kappa shape index (κ3) is 4.37. The number of nitrogens with zero attached hydrogens (tertiary/aromatic N) is 1. The van der Waals surface area contributed by atoms with E-state index in [2.05, 4.69) is 11.8 Å². The van der Waals surface area contributed by atoms with Gasteiger partial charge in [0.05, 0.1) is 6.54 Å². The fourth-order valence-corrected chi connectivity index (χ4v) is 1.93. The van der Waals surface area contributed by atoms with Crippen molar-refractivity contribution in [2.24, 2.45) is 5.73 Å². The monoisotopic (exact) mass is 274 g/mol. The number of aryl methyl sites for hydroxylation is 1. The first-order chi connectivity index (χ1) is 9.63. The van der Waals surface area contributed by atoms with Crippen LogP contribution in [0, 0.1) is 18.8 Å². The summed E-state index contributed by atoms with van der Waals surface area (Å²) in [5, 5.41) is 8.86. The average molecular weight is 274 g/mol. The van der Waals surface area contributed by atoms with Crippen LogP contribution in [-0.4, -0.2) is 42.2 Å². The molecule has 0 aliphatic rings. The van der Waals surface area contributed by atoms with E-state index < -0.39 is 0 Å². The van der Waals surface area contributed by atoms with Crippen LogP contribution in [0.2, 0.25) is 0 Å². The van der Waals surface area contributed by atoms with Crippen molar-refractivity contribution in [3.8, 4) is 11.8 Å². The summed E-state index contributed by atoms with van der Waals surface area (Å²) in [6.45, 7) is 5.48. The molecule has 0 radical (unpaired) electrons. The van der Waals surface area contributed by atoms with Gasteiger partial charge >= 0.3 is 0 Å². The summed E-state index contributed by atoms with van der Waals surface area (Å²) in [7, 11) is 0. The minimum absolute atomic E-state index is 0.0117. The lowest BCUT2D eigenvalue weighted by Gasteiger charge is -2.20. The molecule has 0 heterocycles. The number of hydrogen-bond donors (Lipinski definition) is 2. The molecule has 0 unspecified atom stereocenters. The quantitative estimate of drug-likeness (QED) is 0.792. The highest BCUT2D eigenvalue weighted by molar-refractivity contribution is 5.94. The molecule has 0 aliphatic carbocycles. The maximum Gasteiger partial charge on any atom is 0.253 e. The van der Waals surface area contributed by atoms with E-state index in [0.717, 1.165) is 11.1 Å². The van der Waals surface area contributed by atoms with Crippen LogP contribution in [-0.2, 0) is 0 Å². The fourth-order valence-electron chi connectivity index (χ4n) is 1.93. The Morgan fingerprint density at radius 2 is 2.20 bits per heavy atom. The number of carbonyl (C=O) groups is 1. The van der Waals surface area contributed by atoms with Crippen LogP contribution in [0.25, 0.3) is 0 Å². The Kier molecular flexibility index (Phi) is 6.78. The van der Waals surface area contributed by atoms with Crippen LogP contribution in [0.5, 0.6) is 0 Å². The molecule has 3 N–H and O–H groups in total. The van der Waals surface area contributed by atoms with Crippen molar-refractivity contribution in [2.75, 3.05) is 26.2 Å². The van der Waals surface area contributed by atoms with Gasteiger partial charge in [-0.2, -0.15) is 0 Å². The van der Waals surface area contributed by atoms with Gasteiger partial charge in [0.25, 0.3) is 5.91 Å². The van der Waals surface area contributed by atoms with Crippen LogP contribution in [0.1, 0.15) is 34.8 Å². The van der Waals surface area contributed by atoms with E-state index in [-0.39, 0.29) is 12.5 Å². The van der Waals surface area contributed by atoms with E-state index in [1.54, 1.807) is 11.0 Å². The molecular weight excluding hydrogens is 252 g/mol. The van der Waals surface area contributed by atoms with Crippen molar-refractivity contribution < 1.29 is 9.90 Å². The van der Waals surface area contributed by atoms with Gasteiger partial charge in [0.15, 0.2) is 0 Å². The minimum atomic E-state index is -0.0117. The maximum absolute atomic E-state index is 12.3. The van der Waals surface area contributed by atoms with Gasteiger partial charge in [-0.25, -0.2) is 0 Å². The van der Waals surface area contributed by atoms with E-state index in [1.807, 2.05) is 26.0 Å². The van der Waals surface area contributed by atoms with E-state index in [1.165, 1.54) is 0 Å². The van der Waals surface area contributed by atoms with E-state index >= 15 is 0 Å². The lowest BCUT2D eigenvalue weighted by atomic mass is 10.0. The molecule has 0 atom stereocenters. The van der Waals surface area contributed by atoms with Gasteiger partial charge in [0.2, 0.25) is 0 Å². The molecule has 0 spiro atoms. The van der Waals surface area contributed by atoms with Crippen molar-refractivity contribution in [2.45, 2.75) is 20.3 Å². The zero-order chi connectivity index (χ0) is 15.0. The molecule has 1 aromatic carbocycles. The Morgan fingerprint density at radius 3 is 2.75 bits per heavy atom. The third-order valence-electron chi connectivity index (χ3n) is 3.05. The van der Waals surface area contributed by atoms with Gasteiger partial charge in [-0.1, -0.05) is 11.8 Å². The summed E-state index contributed by atoms with van der Waals surface area (Å²) in [6.07, 6.45) is 0.596. The molecule has 0 bridgehead atoms. The largest absolute Gasteiger partial charge is 0.396 e. The van der Waals surface area contributed by atoms with E-state index in [9.17, 15) is 4.79 Å². The maximum atomic E-state index is 12.3. The molecule has 0 fully saturated rings. The summed E-state index contributed by atoms with van der Waals surface area (Å²) in [5.74, 6) is 5.78. The van der Waals surface area contributed by atoms with Crippen molar-refractivity contribution in [3.63, 3.8) is 0 Å². The summed E-state index contributed by atoms with van der Waals surface area (Å²) in [6, 6.07) is 5.49. The molecule has 1 amide bonds. The normalized spacial score (nSPS) is 9.80. The lowest BCUT2D eigenvalue weighted by Crippen LogP contribution is -2.32. The second kappa shape index (κ2) is 8.36. The van der Waals surface area contributed by atoms with Crippen LogP contribution in [0.3, 0.4) is 0 Å². The first-order valence-electron chi connectivity index (χ1n) is 6.83. The summed E-state index contributed by atoms with van der Waals surface area (Å²) >= 11 is 0. The Balaban J connectivity index is 2.90. The highest BCUT2D eigenvalue weighted by Gasteiger charge is 2.14. The van der Waals surface area contributed by atoms with Crippen LogP contribution in [0.15, 0.2) is 18.2 Å². The smallest absolute Gasteiger partial charge is 0.253 e. The highest BCUT2D eigenvalue weighted by Crippen LogP contribution is 2.12. The second-order valence-corrected chi connectivity index (χ2v) is 4.50. The number of amides is 1. The summed E-state index contributed by atoms with van der Waals surface area (Å²) in [4.78, 5) is 14.1. The first-order valence-corrected chi connectivity index (χ1v) is 6.83. The summed E-state index contributed by atoms with van der Waals surface area (Å²) < 4.78 is 0. The van der Waals surface area contributed by atoms with Crippen LogP contribution >= 0.6 is 0 Å². The topological polar surface area (TPSA) is 66.6 Å². The number of aliphatic hydroxyl groups excluding tert-OH is 1. The molecule has 0 saturated heterocycles. The molecule has 0 aromatic heterocycles. The zero-order valence-electron chi connectivity index (χ0n) is 12.1. The number of carbonyl (C=O) groups excluding carboxylic acids is 1. The predicted molar refractivity (Wildman–Crippen MR) is 80.4 cm³/mol. The molecule has 1 aromatic rings. The van der Waals surface area contributed by atoms with Gasteiger partial charge in [-0.3, -0.25) is 4.79 Å². The zero-order valence-corrected chi connectivity index (χ0v) is 12.1. The van der Waals surface area contributed by atoms with Gasteiger partial charge in [0, 0.05) is 30.8 Å². The van der Waals surface area contributed by atoms with Crippen molar-refractivity contribution >= 4 is 5.91 Å². The summed E-state index contributed by atoms with van der Waals surface area (Å²) in [5.41, 5.74) is 7.87. The van der Waals surface area contributed by atoms with Gasteiger partial charge < -0.3 is 15.7 Å². The second-order valence-electron chi connectivity index (χ2n) is 4.50. The standard InChI is InChI=1S/C16H22N2O2/c1-3-18(10-5-11-19)16(20)15-8-7-14(6-4-9-17)13(2)12-15/h7-8,12,19H,3,5,9-11,17H2,1-2H3. The lowest BCUT2D eigenvalue weighted by molar-refractivity contribution is 0.0754. The third-order valence-corrected chi connectivity index (χ3v) is 3.05. The Bertz CT molecular complexity index is 515. The highest BCUT2D eigenvalue weighted by atomic mass is 16.3. The Labute approximate surface area is 120 Å². The Hall–Kier alpha value is -1.83. The number of hydrogen-bond acceptors (Lipinski definition) is 3. The Morgan fingerprint density at radius 1 is 1.45 bits per heavy atom.